The van der Waals surface area contributed by atoms with Crippen LogP contribution in [-0.2, 0) is 22.5 Å². The van der Waals surface area contributed by atoms with E-state index < -0.39 is 0 Å². The number of aromatic nitrogens is 1. The van der Waals surface area contributed by atoms with E-state index in [9.17, 15) is 9.59 Å². The number of anilines is 1. The van der Waals surface area contributed by atoms with Gasteiger partial charge in [0.25, 0.3) is 5.91 Å². The van der Waals surface area contributed by atoms with E-state index in [1.54, 1.807) is 0 Å². The van der Waals surface area contributed by atoms with Gasteiger partial charge in [0.1, 0.15) is 0 Å². The van der Waals surface area contributed by atoms with Crippen LogP contribution in [0.15, 0.2) is 54.6 Å². The Bertz CT molecular complexity index is 1330. The van der Waals surface area contributed by atoms with Crippen molar-refractivity contribution in [2.45, 2.75) is 72.4 Å². The van der Waals surface area contributed by atoms with E-state index in [-0.39, 0.29) is 24.4 Å². The van der Waals surface area contributed by atoms with Crippen molar-refractivity contribution in [2.24, 2.45) is 5.41 Å². The smallest absolute Gasteiger partial charge is 0.310 e. The van der Waals surface area contributed by atoms with Crippen LogP contribution in [0.3, 0.4) is 0 Å². The number of rotatable bonds is 8. The molecule has 1 aliphatic carbocycles. The van der Waals surface area contributed by atoms with Crippen LogP contribution >= 0.6 is 0 Å². The van der Waals surface area contributed by atoms with E-state index in [1.165, 1.54) is 25.7 Å². The number of nitrogens with one attached hydrogen (secondary N) is 1. The predicted molar refractivity (Wildman–Crippen MR) is 155 cm³/mol. The Balaban J connectivity index is 1.46. The summed E-state index contributed by atoms with van der Waals surface area (Å²) in [6.45, 7) is 10.2. The highest BCUT2D eigenvalue weighted by Crippen LogP contribution is 2.54. The maximum Gasteiger partial charge on any atom is 0.310 e. The molecule has 204 valence electrons. The molecule has 2 aromatic carbocycles. The van der Waals surface area contributed by atoms with E-state index in [1.807, 2.05) is 82.3 Å². The van der Waals surface area contributed by atoms with E-state index in [2.05, 4.69) is 10.2 Å². The van der Waals surface area contributed by atoms with Crippen molar-refractivity contribution >= 4 is 17.6 Å². The molecule has 0 radical (unpaired) electrons. The minimum absolute atomic E-state index is 0.104. The van der Waals surface area contributed by atoms with E-state index in [0.29, 0.717) is 17.5 Å². The zero-order valence-corrected chi connectivity index (χ0v) is 23.5. The molecule has 5 rings (SSSR count). The van der Waals surface area contributed by atoms with Crippen molar-refractivity contribution < 1.29 is 14.3 Å². The second-order valence-electron chi connectivity index (χ2n) is 11.4. The highest BCUT2D eigenvalue weighted by atomic mass is 16.5. The molecule has 1 amide bonds. The molecule has 1 aromatic heterocycles. The second-order valence-corrected chi connectivity index (χ2v) is 11.4. The first-order valence-corrected chi connectivity index (χ1v) is 14.1. The number of carbonyl (C=O) groups excluding carboxylic acids is 2. The van der Waals surface area contributed by atoms with Crippen molar-refractivity contribution in [1.29, 1.82) is 0 Å². The number of ether oxygens (including phenoxy) is 1. The van der Waals surface area contributed by atoms with Crippen molar-refractivity contribution in [2.75, 3.05) is 18.0 Å². The van der Waals surface area contributed by atoms with Crippen LogP contribution in [0.5, 0.6) is 0 Å². The number of esters is 1. The molecule has 1 saturated heterocycles. The number of nitrogens with zero attached hydrogens (tertiary/aromatic N) is 2. The largest absolute Gasteiger partial charge is 0.463 e. The molecule has 6 nitrogen and oxygen atoms in total. The number of carbonyl (C=O) groups is 2. The molecule has 0 bridgehead atoms. The fourth-order valence-corrected chi connectivity index (χ4v) is 5.77. The SMILES string of the molecule is Cc1nc(C)c(-c2ccc(C(=O)NCc3ccccc3)cc2)c(N2CCC3(CC2)CC3)c1CC(=O)OC(C)C. The van der Waals surface area contributed by atoms with Gasteiger partial charge < -0.3 is 15.0 Å². The fourth-order valence-electron chi connectivity index (χ4n) is 5.77. The molecule has 1 N–H and O–H groups in total. The van der Waals surface area contributed by atoms with Crippen molar-refractivity contribution in [1.82, 2.24) is 10.3 Å². The van der Waals surface area contributed by atoms with Crippen molar-refractivity contribution in [3.05, 3.63) is 82.7 Å². The molecule has 3 aromatic rings. The first-order valence-electron chi connectivity index (χ1n) is 14.1. The van der Waals surface area contributed by atoms with E-state index in [4.69, 9.17) is 9.72 Å². The van der Waals surface area contributed by atoms with Crippen LogP contribution in [0.2, 0.25) is 0 Å². The Morgan fingerprint density at radius 3 is 2.23 bits per heavy atom. The molecule has 0 atom stereocenters. The molecular formula is C33H39N3O3. The summed E-state index contributed by atoms with van der Waals surface area (Å²) >= 11 is 0. The summed E-state index contributed by atoms with van der Waals surface area (Å²) < 4.78 is 5.54. The van der Waals surface area contributed by atoms with Crippen molar-refractivity contribution in [3.8, 4) is 11.1 Å². The summed E-state index contributed by atoms with van der Waals surface area (Å²) in [5.74, 6) is -0.334. The summed E-state index contributed by atoms with van der Waals surface area (Å²) in [5.41, 5.74) is 8.09. The Hall–Kier alpha value is -3.67. The number of amides is 1. The highest BCUT2D eigenvalue weighted by Gasteiger charge is 2.45. The van der Waals surface area contributed by atoms with Gasteiger partial charge >= 0.3 is 5.97 Å². The van der Waals surface area contributed by atoms with Crippen LogP contribution in [0.1, 0.15) is 72.4 Å². The van der Waals surface area contributed by atoms with Crippen LogP contribution in [0.25, 0.3) is 11.1 Å². The summed E-state index contributed by atoms with van der Waals surface area (Å²) in [6, 6.07) is 17.7. The van der Waals surface area contributed by atoms with Crippen LogP contribution in [-0.4, -0.2) is 36.1 Å². The van der Waals surface area contributed by atoms with Crippen LogP contribution < -0.4 is 10.2 Å². The monoisotopic (exact) mass is 525 g/mol. The number of hydrogen-bond donors (Lipinski definition) is 1. The number of hydrogen-bond acceptors (Lipinski definition) is 5. The Morgan fingerprint density at radius 1 is 0.949 bits per heavy atom. The number of benzene rings is 2. The third-order valence-corrected chi connectivity index (χ3v) is 8.17. The summed E-state index contributed by atoms with van der Waals surface area (Å²) in [7, 11) is 0. The molecule has 0 unspecified atom stereocenters. The third kappa shape index (κ3) is 6.16. The second kappa shape index (κ2) is 11.2. The van der Waals surface area contributed by atoms with E-state index >= 15 is 0 Å². The molecule has 1 aliphatic heterocycles. The lowest BCUT2D eigenvalue weighted by Gasteiger charge is -2.37. The van der Waals surface area contributed by atoms with Gasteiger partial charge in [-0.2, -0.15) is 0 Å². The topological polar surface area (TPSA) is 71.5 Å². The normalized spacial score (nSPS) is 15.9. The molecule has 2 fully saturated rings. The number of pyridine rings is 1. The number of aryl methyl sites for hydroxylation is 2. The average molecular weight is 526 g/mol. The maximum absolute atomic E-state index is 12.8. The molecule has 39 heavy (non-hydrogen) atoms. The Labute approximate surface area is 231 Å². The van der Waals surface area contributed by atoms with Crippen LogP contribution in [0, 0.1) is 19.3 Å². The predicted octanol–water partition coefficient (Wildman–Crippen LogP) is 6.17. The van der Waals surface area contributed by atoms with E-state index in [0.717, 1.165) is 52.4 Å². The minimum Gasteiger partial charge on any atom is -0.463 e. The zero-order chi connectivity index (χ0) is 27.6. The highest BCUT2D eigenvalue weighted by molar-refractivity contribution is 5.95. The molecular weight excluding hydrogens is 486 g/mol. The van der Waals surface area contributed by atoms with Gasteiger partial charge in [-0.05, 0) is 82.1 Å². The molecule has 2 aliphatic rings. The number of piperidine rings is 1. The van der Waals surface area contributed by atoms with Gasteiger partial charge in [-0.3, -0.25) is 14.6 Å². The molecule has 1 spiro atoms. The van der Waals surface area contributed by atoms with Gasteiger partial charge in [0.05, 0.1) is 18.2 Å². The van der Waals surface area contributed by atoms with Crippen LogP contribution in [0.4, 0.5) is 5.69 Å². The van der Waals surface area contributed by atoms with Gasteiger partial charge in [0.2, 0.25) is 0 Å². The average Bonchev–Trinajstić information content (AvgIpc) is 3.68. The lowest BCUT2D eigenvalue weighted by atomic mass is 9.90. The zero-order valence-electron chi connectivity index (χ0n) is 23.5. The van der Waals surface area contributed by atoms with Gasteiger partial charge in [0, 0.05) is 47.7 Å². The standard InChI is InChI=1S/C33H39N3O3/c1-22(2)39-29(37)20-28-23(3)35-24(4)30(31(28)36-18-16-33(14-15-33)17-19-36)26-10-12-27(13-11-26)32(38)34-21-25-8-6-5-7-9-25/h5-13,22H,14-21H2,1-4H3,(H,34,38). The molecule has 1 saturated carbocycles. The maximum atomic E-state index is 12.8. The first kappa shape index (κ1) is 26.9. The molecule has 6 heteroatoms. The Morgan fingerprint density at radius 2 is 1.62 bits per heavy atom. The summed E-state index contributed by atoms with van der Waals surface area (Å²) in [4.78, 5) is 33.0. The van der Waals surface area contributed by atoms with Gasteiger partial charge in [-0.15, -0.1) is 0 Å². The Kier molecular flexibility index (Phi) is 7.74. The van der Waals surface area contributed by atoms with Gasteiger partial charge in [0.15, 0.2) is 0 Å². The fraction of sp³-hybridized carbons (Fsp3) is 0.424. The molecule has 2 heterocycles. The lowest BCUT2D eigenvalue weighted by Crippen LogP contribution is -2.36. The quantitative estimate of drug-likeness (QED) is 0.356. The van der Waals surface area contributed by atoms with Gasteiger partial charge in [-0.1, -0.05) is 42.5 Å². The first-order chi connectivity index (χ1) is 18.7. The van der Waals surface area contributed by atoms with Gasteiger partial charge in [-0.25, -0.2) is 0 Å². The summed E-state index contributed by atoms with van der Waals surface area (Å²) in [6.07, 6.45) is 5.07. The lowest BCUT2D eigenvalue weighted by molar-refractivity contribution is -0.146. The summed E-state index contributed by atoms with van der Waals surface area (Å²) in [5, 5.41) is 3.01. The third-order valence-electron chi connectivity index (χ3n) is 8.17. The van der Waals surface area contributed by atoms with Crippen molar-refractivity contribution in [3.63, 3.8) is 0 Å². The minimum atomic E-state index is -0.230.